The largest absolute Gasteiger partial charge is 1.00 e. The fourth-order valence-corrected chi connectivity index (χ4v) is 4.91. The van der Waals surface area contributed by atoms with Gasteiger partial charge in [0.2, 0.25) is 0 Å². The molecule has 0 heterocycles. The molecule has 0 bridgehead atoms. The minimum atomic E-state index is -4.18. The van der Waals surface area contributed by atoms with Gasteiger partial charge in [-0.05, 0) is 25.7 Å². The van der Waals surface area contributed by atoms with Gasteiger partial charge in [0.05, 0.1) is 16.2 Å². The number of hydrogen-bond acceptors (Lipinski definition) is 4. The molecule has 0 aromatic carbocycles. The summed E-state index contributed by atoms with van der Waals surface area (Å²) in [5.74, 6) is 0. The molecule has 0 saturated carbocycles. The van der Waals surface area contributed by atoms with Crippen molar-refractivity contribution < 1.29 is 47.6 Å². The average Bonchev–Trinajstić information content (AvgIpc) is 2.67. The predicted molar refractivity (Wildman–Crippen MR) is 123 cm³/mol. The minimum Gasteiger partial charge on any atom is -0.748 e. The van der Waals surface area contributed by atoms with Crippen LogP contribution < -0.4 is 29.6 Å². The van der Waals surface area contributed by atoms with Crippen LogP contribution in [0.4, 0.5) is 0 Å². The molecular weight excluding hydrogens is 407 g/mol. The van der Waals surface area contributed by atoms with Gasteiger partial charge in [-0.1, -0.05) is 117 Å². The van der Waals surface area contributed by atoms with Crippen molar-refractivity contribution >= 4 is 10.1 Å². The molecule has 2 atom stereocenters. The van der Waals surface area contributed by atoms with Crippen LogP contribution in [0.1, 0.15) is 142 Å². The maximum Gasteiger partial charge on any atom is 1.00 e. The van der Waals surface area contributed by atoms with Crippen molar-refractivity contribution in [3.05, 3.63) is 0 Å². The Labute approximate surface area is 210 Å². The summed E-state index contributed by atoms with van der Waals surface area (Å²) in [6.45, 7) is 4.40. The van der Waals surface area contributed by atoms with Crippen LogP contribution in [-0.4, -0.2) is 29.4 Å². The Bertz CT molecular complexity index is 442. The molecule has 0 saturated heterocycles. The van der Waals surface area contributed by atoms with E-state index in [9.17, 15) is 18.1 Å². The Kier molecular flexibility index (Phi) is 25.4. The minimum absolute atomic E-state index is 0. The van der Waals surface area contributed by atoms with Gasteiger partial charge in [-0.25, -0.2) is 8.42 Å². The van der Waals surface area contributed by atoms with Crippen LogP contribution in [0.2, 0.25) is 0 Å². The molecule has 0 rings (SSSR count). The van der Waals surface area contributed by atoms with E-state index in [4.69, 9.17) is 0 Å². The van der Waals surface area contributed by atoms with Gasteiger partial charge in [0.1, 0.15) is 0 Å². The molecule has 0 fully saturated rings. The Morgan fingerprint density at radius 2 is 0.900 bits per heavy atom. The van der Waals surface area contributed by atoms with E-state index < -0.39 is 15.4 Å². The first-order valence-electron chi connectivity index (χ1n) is 12.5. The van der Waals surface area contributed by atoms with Gasteiger partial charge < -0.3 is 9.66 Å². The fraction of sp³-hybridized carbons (Fsp3) is 1.00. The van der Waals surface area contributed by atoms with Crippen LogP contribution in [0.5, 0.6) is 0 Å². The van der Waals surface area contributed by atoms with E-state index in [1.54, 1.807) is 0 Å². The van der Waals surface area contributed by atoms with E-state index in [0.29, 0.717) is 12.8 Å². The summed E-state index contributed by atoms with van der Waals surface area (Å²) < 4.78 is 34.6. The van der Waals surface area contributed by atoms with Crippen molar-refractivity contribution in [1.82, 2.24) is 0 Å². The summed E-state index contributed by atoms with van der Waals surface area (Å²) in [6.07, 6.45) is 20.5. The summed E-state index contributed by atoms with van der Waals surface area (Å²) in [4.78, 5) is 0. The zero-order valence-corrected chi connectivity index (χ0v) is 23.2. The molecule has 0 aliphatic heterocycles. The molecule has 0 aromatic rings. The van der Waals surface area contributed by atoms with E-state index in [1.165, 1.54) is 51.4 Å². The molecule has 176 valence electrons. The second-order valence-corrected chi connectivity index (χ2v) is 10.5. The van der Waals surface area contributed by atoms with Crippen molar-refractivity contribution in [2.75, 3.05) is 0 Å². The molecule has 4 nitrogen and oxygen atoms in total. The Balaban J connectivity index is 0. The van der Waals surface area contributed by atoms with Gasteiger partial charge in [-0.3, -0.25) is 0 Å². The van der Waals surface area contributed by atoms with Gasteiger partial charge in [-0.15, -0.1) is 0 Å². The SMILES string of the molecule is CCCCCCCCCCC(CCCCCCC(O)CCCCCC)S(=O)(=O)[O-].[Na+]. The monoisotopic (exact) mass is 456 g/mol. The van der Waals surface area contributed by atoms with Crippen molar-refractivity contribution in [2.45, 2.75) is 154 Å². The summed E-state index contributed by atoms with van der Waals surface area (Å²) >= 11 is 0. The molecule has 0 aliphatic rings. The van der Waals surface area contributed by atoms with Crippen LogP contribution in [-0.2, 0) is 10.1 Å². The first-order valence-corrected chi connectivity index (χ1v) is 14.0. The predicted octanol–water partition coefficient (Wildman–Crippen LogP) is 4.11. The zero-order chi connectivity index (χ0) is 21.8. The van der Waals surface area contributed by atoms with Gasteiger partial charge in [0.15, 0.2) is 0 Å². The maximum atomic E-state index is 11.5. The molecule has 0 aliphatic carbocycles. The summed E-state index contributed by atoms with van der Waals surface area (Å²) in [5, 5.41) is 9.28. The van der Waals surface area contributed by atoms with Crippen LogP contribution >= 0.6 is 0 Å². The van der Waals surface area contributed by atoms with Crippen molar-refractivity contribution in [3.63, 3.8) is 0 Å². The standard InChI is InChI=1S/C24H50O4S.Na/c1-3-5-7-9-10-11-12-17-21-24(29(26,27)28)22-18-14-13-16-20-23(25)19-15-8-6-4-2;/h23-25H,3-22H2,1-2H3,(H,26,27,28);/q;+1/p-1. The molecule has 0 radical (unpaired) electrons. The number of aliphatic hydroxyl groups is 1. The second-order valence-electron chi connectivity index (χ2n) is 8.87. The first kappa shape index (κ1) is 33.0. The fourth-order valence-electron chi connectivity index (χ4n) is 4.00. The molecule has 30 heavy (non-hydrogen) atoms. The molecule has 0 spiro atoms. The average molecular weight is 457 g/mol. The van der Waals surface area contributed by atoms with Crippen molar-refractivity contribution in [1.29, 1.82) is 0 Å². The quantitative estimate of drug-likeness (QED) is 0.151. The van der Waals surface area contributed by atoms with E-state index in [-0.39, 0.29) is 35.7 Å². The summed E-state index contributed by atoms with van der Waals surface area (Å²) in [6, 6.07) is 0. The van der Waals surface area contributed by atoms with E-state index in [1.807, 2.05) is 0 Å². The first-order chi connectivity index (χ1) is 13.9. The Hall–Kier alpha value is 0.870. The van der Waals surface area contributed by atoms with Gasteiger partial charge in [0.25, 0.3) is 0 Å². The zero-order valence-electron chi connectivity index (χ0n) is 20.4. The third kappa shape index (κ3) is 22.1. The maximum absolute atomic E-state index is 11.5. The van der Waals surface area contributed by atoms with E-state index >= 15 is 0 Å². The topological polar surface area (TPSA) is 77.4 Å². The summed E-state index contributed by atoms with van der Waals surface area (Å²) in [7, 11) is -4.18. The number of rotatable bonds is 22. The van der Waals surface area contributed by atoms with Crippen LogP contribution in [0.15, 0.2) is 0 Å². The third-order valence-electron chi connectivity index (χ3n) is 5.99. The Morgan fingerprint density at radius 1 is 0.600 bits per heavy atom. The molecule has 1 N–H and O–H groups in total. The third-order valence-corrected chi connectivity index (χ3v) is 7.28. The molecular formula is C24H49NaO4S. The molecule has 6 heteroatoms. The molecule has 0 amide bonds. The van der Waals surface area contributed by atoms with Crippen LogP contribution in [0, 0.1) is 0 Å². The van der Waals surface area contributed by atoms with Gasteiger partial charge in [-0.2, -0.15) is 0 Å². The van der Waals surface area contributed by atoms with Crippen molar-refractivity contribution in [3.8, 4) is 0 Å². The number of unbranched alkanes of at least 4 members (excludes halogenated alkanes) is 13. The smallest absolute Gasteiger partial charge is 0.748 e. The molecule has 2 unspecified atom stereocenters. The summed E-state index contributed by atoms with van der Waals surface area (Å²) in [5.41, 5.74) is 0. The normalized spacial score (nSPS) is 13.7. The van der Waals surface area contributed by atoms with Gasteiger partial charge >= 0.3 is 29.6 Å². The number of hydrogen-bond donors (Lipinski definition) is 1. The Morgan fingerprint density at radius 3 is 1.27 bits per heavy atom. The van der Waals surface area contributed by atoms with Gasteiger partial charge in [0, 0.05) is 5.25 Å². The number of aliphatic hydroxyl groups excluding tert-OH is 1. The van der Waals surface area contributed by atoms with Crippen molar-refractivity contribution in [2.24, 2.45) is 0 Å². The second kappa shape index (κ2) is 23.0. The van der Waals surface area contributed by atoms with Crippen LogP contribution in [0.3, 0.4) is 0 Å². The van der Waals surface area contributed by atoms with E-state index in [2.05, 4.69) is 13.8 Å². The van der Waals surface area contributed by atoms with Crippen LogP contribution in [0.25, 0.3) is 0 Å². The molecule has 0 aromatic heterocycles. The van der Waals surface area contributed by atoms with E-state index in [0.717, 1.165) is 64.2 Å².